The Morgan fingerprint density at radius 2 is 0.952 bits per heavy atom. The van der Waals surface area contributed by atoms with Gasteiger partial charge >= 0.3 is 0 Å². The lowest BCUT2D eigenvalue weighted by Crippen LogP contribution is -2.35. The molecule has 126 heavy (non-hydrogen) atoms. The molecule has 0 unspecified atom stereocenters. The van der Waals surface area contributed by atoms with Crippen molar-refractivity contribution in [1.29, 1.82) is 0 Å². The number of carbonyl (C=O) groups is 2. The van der Waals surface area contributed by atoms with Gasteiger partial charge in [0.2, 0.25) is 5.91 Å². The number of ether oxygens (including phenoxy) is 3. The smallest absolute Gasteiger partial charge is 0.219 e. The Bertz CT molecular complexity index is 4400. The highest BCUT2D eigenvalue weighted by atomic mass is 35.5. The van der Waals surface area contributed by atoms with Gasteiger partial charge in [0.25, 0.3) is 0 Å². The molecular formula is C116H175Cl2N3O5. The summed E-state index contributed by atoms with van der Waals surface area (Å²) >= 11 is 11.6. The maximum atomic E-state index is 10.1. The van der Waals surface area contributed by atoms with E-state index in [0.717, 1.165) is 63.2 Å². The number of para-hydroxylation sites is 3. The second kappa shape index (κ2) is 65.4. The highest BCUT2D eigenvalue weighted by Gasteiger charge is 2.24. The Morgan fingerprint density at radius 1 is 0.476 bits per heavy atom. The zero-order valence-corrected chi connectivity index (χ0v) is 87.1. The number of nitrogens with zero attached hydrogens (tertiary/aromatic N) is 2. The minimum absolute atomic E-state index is 0.00926. The number of terminal acetylenes is 1. The molecule has 1 aromatic heterocycles. The van der Waals surface area contributed by atoms with E-state index in [0.29, 0.717) is 66.5 Å². The van der Waals surface area contributed by atoms with Gasteiger partial charge < -0.3 is 24.8 Å². The van der Waals surface area contributed by atoms with Crippen molar-refractivity contribution in [2.24, 2.45) is 47.2 Å². The molecule has 1 saturated heterocycles. The van der Waals surface area contributed by atoms with Crippen molar-refractivity contribution < 1.29 is 23.8 Å². The lowest BCUT2D eigenvalue weighted by atomic mass is 9.95. The number of rotatable bonds is 16. The molecule has 0 atom stereocenters. The third kappa shape index (κ3) is 51.7. The summed E-state index contributed by atoms with van der Waals surface area (Å²) in [6.45, 7) is 79.4. The third-order valence-corrected chi connectivity index (χ3v) is 22.2. The number of hydrogen-bond donors (Lipinski definition) is 1. The molecule has 1 aliphatic carbocycles. The highest BCUT2D eigenvalue weighted by Crippen LogP contribution is 2.38. The third-order valence-electron chi connectivity index (χ3n) is 21.6. The minimum atomic E-state index is -0.241. The van der Waals surface area contributed by atoms with Crippen molar-refractivity contribution in [2.75, 3.05) is 32.9 Å². The summed E-state index contributed by atoms with van der Waals surface area (Å²) in [6.07, 6.45) is 15.3. The summed E-state index contributed by atoms with van der Waals surface area (Å²) in [5, 5.41) is 2.96. The highest BCUT2D eigenvalue weighted by molar-refractivity contribution is 6.31. The molecule has 3 heterocycles. The number of hydrogen-bond acceptors (Lipinski definition) is 7. The van der Waals surface area contributed by atoms with Crippen LogP contribution in [0.2, 0.25) is 10.0 Å². The largest absolute Gasteiger partial charge is 0.493 e. The number of fused-ring (bicyclic) bond motifs is 2. The van der Waals surface area contributed by atoms with Gasteiger partial charge in [-0.2, -0.15) is 0 Å². The van der Waals surface area contributed by atoms with Gasteiger partial charge in [-0.1, -0.05) is 349 Å². The lowest BCUT2D eigenvalue weighted by molar-refractivity contribution is -0.121. The lowest BCUT2D eigenvalue weighted by Gasteiger charge is -2.29. The number of amides is 1. The first-order valence-corrected chi connectivity index (χ1v) is 48.0. The SMILES string of the molecule is C#CC(C)C.CC(=O)C(C)C.CC(C)C(N)=O.CC(C)C1CC1.CC(C)COc1ccccc1C(C)C.CC(C)N1CCCCC1.CC(C)c1ccc(Cl)cc1.CC(C)c1cccc2c1OCCO2.CC(C)c1ccccc1Cl.CC(C)c1ccnc2ccccc12.Cc1ccc(C(C)C)c(C)c1.Cc1ccc(C(C)C)cc1C.Cc1cccc(C)c1CC(C)C. The maximum absolute atomic E-state index is 10.1. The summed E-state index contributed by atoms with van der Waals surface area (Å²) in [5.41, 5.74) is 25.2. The normalized spacial score (nSPS) is 12.3. The Balaban J connectivity index is 0.00000136. The molecule has 2 fully saturated rings. The molecule has 8 aromatic carbocycles. The first-order valence-electron chi connectivity index (χ1n) is 47.2. The average molecular weight is 1760 g/mol. The molecule has 8 nitrogen and oxygen atoms in total. The van der Waals surface area contributed by atoms with Crippen LogP contribution in [0.3, 0.4) is 0 Å². The Hall–Kier alpha value is -8.19. The molecule has 0 spiro atoms. The van der Waals surface area contributed by atoms with Gasteiger partial charge in [0.1, 0.15) is 24.7 Å². The molecule has 2 aliphatic heterocycles. The van der Waals surface area contributed by atoms with E-state index in [1.807, 2.05) is 88.5 Å². The van der Waals surface area contributed by atoms with Crippen molar-refractivity contribution in [3.63, 3.8) is 0 Å². The number of carbonyl (C=O) groups excluding carboxylic acids is 2. The van der Waals surface area contributed by atoms with Gasteiger partial charge in [0, 0.05) is 51.0 Å². The van der Waals surface area contributed by atoms with Crippen LogP contribution in [0.15, 0.2) is 182 Å². The van der Waals surface area contributed by atoms with E-state index in [9.17, 15) is 9.59 Å². The number of ketones is 1. The van der Waals surface area contributed by atoms with E-state index in [2.05, 4.69) is 331 Å². The van der Waals surface area contributed by atoms with Gasteiger partial charge in [-0.25, -0.2) is 0 Å². The van der Waals surface area contributed by atoms with E-state index in [-0.39, 0.29) is 23.5 Å². The van der Waals surface area contributed by atoms with E-state index < -0.39 is 0 Å². The number of piperidine rings is 1. The molecular weight excluding hydrogens is 1590 g/mol. The number of Topliss-reactive ketones (excluding diaryl/α,β-unsaturated/α-hetero) is 1. The number of nitrogens with two attached hydrogens (primary N) is 1. The number of halogens is 2. The second-order valence-corrected chi connectivity index (χ2v) is 39.1. The minimum Gasteiger partial charge on any atom is -0.493 e. The predicted octanol–water partition coefficient (Wildman–Crippen LogP) is 33.6. The van der Waals surface area contributed by atoms with Gasteiger partial charge in [-0.15, -0.1) is 12.3 Å². The molecule has 1 amide bonds. The second-order valence-electron chi connectivity index (χ2n) is 38.3. The molecule has 10 heteroatoms. The Kier molecular flexibility index (Phi) is 61.1. The topological polar surface area (TPSA) is 104 Å². The molecule has 3 aliphatic rings. The number of primary amides is 1. The summed E-state index contributed by atoms with van der Waals surface area (Å²) in [4.78, 5) is 26.9. The van der Waals surface area contributed by atoms with Crippen LogP contribution in [0.4, 0.5) is 0 Å². The summed E-state index contributed by atoms with van der Waals surface area (Å²) in [5.74, 6) is 13.4. The van der Waals surface area contributed by atoms with Gasteiger partial charge in [-0.3, -0.25) is 14.6 Å². The molecule has 9 aromatic rings. The van der Waals surface area contributed by atoms with Crippen LogP contribution in [0.5, 0.6) is 17.2 Å². The van der Waals surface area contributed by atoms with Gasteiger partial charge in [0.15, 0.2) is 11.5 Å². The number of aromatic nitrogens is 1. The van der Waals surface area contributed by atoms with E-state index in [4.69, 9.17) is 49.6 Å². The average Bonchev–Trinajstić information content (AvgIpc) is 1.56. The number of pyridine rings is 1. The van der Waals surface area contributed by atoms with Gasteiger partial charge in [0.05, 0.1) is 12.1 Å². The van der Waals surface area contributed by atoms with Crippen molar-refractivity contribution in [1.82, 2.24) is 9.88 Å². The summed E-state index contributed by atoms with van der Waals surface area (Å²) < 4.78 is 16.8. The standard InChI is InChI=1S/C13H20O.C12H13N.C12H18.C11H14O2.2C11H16.2C9H11Cl.C8H17N.C6H12.C5H10O.C5H8.C4H9NO/c1-10(2)9-14-13-8-6-5-7-12(13)11(3)4;1-9(2)10-7-8-13-12-6-4-3-5-11(10)12;1-9(2)8-12-10(3)6-5-7-11(12)4;1-8(2)9-4-3-5-10-11(9)13-7-6-12-10;1-8(2)11-6-5-9(3)10(4)7-11;1-8(2)11-6-5-9(3)7-10(11)4;1-7(2)8-3-5-9(10)6-4-8;1-7(2)8-5-3-4-6-9(8)10;1-8(2)9-6-4-3-5-7-9;1-5(2)6-3-4-6;1-4(2)5(3)6;1-4-5(2)3;1-3(2)4(5)6/h5-8,10-11H,9H2,1-4H3;3-9H,1-2H3;5-7,9H,8H2,1-4H3;3-5,8H,6-7H2,1-2H3;2*5-8H,1-4H3;2*3-7H,1-2H3;8H,3-7H2,1-2H3;5-6H,3-4H2,1-2H3;4H,1-3H3;1,5H,2-3H3;3H,1-2H3,(H2,5,6). The first-order chi connectivity index (χ1) is 59.1. The van der Waals surface area contributed by atoms with E-state index >= 15 is 0 Å². The first kappa shape index (κ1) is 118. The fraction of sp³-hybridized carbons (Fsp3) is 0.526. The molecule has 2 N–H and O–H groups in total. The maximum Gasteiger partial charge on any atom is 0.219 e. The van der Waals surface area contributed by atoms with Gasteiger partial charge in [-0.05, 0) is 282 Å². The van der Waals surface area contributed by atoms with Crippen molar-refractivity contribution in [3.8, 4) is 29.6 Å². The monoisotopic (exact) mass is 1760 g/mol. The van der Waals surface area contributed by atoms with E-state index in [1.54, 1.807) is 20.8 Å². The van der Waals surface area contributed by atoms with Crippen LogP contribution in [-0.2, 0) is 16.0 Å². The number of likely N-dealkylation sites (tertiary alicyclic amines) is 1. The fourth-order valence-corrected chi connectivity index (χ4v) is 13.2. The van der Waals surface area contributed by atoms with Crippen LogP contribution in [0, 0.1) is 95.3 Å². The summed E-state index contributed by atoms with van der Waals surface area (Å²) in [6, 6.07) is 61.3. The van der Waals surface area contributed by atoms with Crippen molar-refractivity contribution in [3.05, 3.63) is 270 Å². The number of aryl methyl sites for hydroxylation is 6. The van der Waals surface area contributed by atoms with Crippen LogP contribution < -0.4 is 19.9 Å². The molecule has 0 radical (unpaired) electrons. The van der Waals surface area contributed by atoms with Crippen LogP contribution in [0.25, 0.3) is 10.9 Å². The Labute approximate surface area is 782 Å². The Morgan fingerprint density at radius 3 is 1.37 bits per heavy atom. The van der Waals surface area contributed by atoms with Crippen LogP contribution in [-0.4, -0.2) is 60.5 Å². The van der Waals surface area contributed by atoms with Crippen LogP contribution >= 0.6 is 23.2 Å². The van der Waals surface area contributed by atoms with E-state index in [1.165, 1.54) is 135 Å². The summed E-state index contributed by atoms with van der Waals surface area (Å²) in [7, 11) is 0. The molecule has 12 rings (SSSR count). The number of benzene rings is 8. The zero-order valence-electron chi connectivity index (χ0n) is 85.6. The molecule has 1 saturated carbocycles. The van der Waals surface area contributed by atoms with Crippen molar-refractivity contribution >= 4 is 45.8 Å². The van der Waals surface area contributed by atoms with Crippen molar-refractivity contribution in [2.45, 2.75) is 328 Å². The zero-order chi connectivity index (χ0) is 96.0. The quantitative estimate of drug-likeness (QED) is 0.0961. The molecule has 0 bridgehead atoms. The fourth-order valence-electron chi connectivity index (χ4n) is 12.7. The predicted molar refractivity (Wildman–Crippen MR) is 555 cm³/mol. The molecule has 698 valence electrons. The van der Waals surface area contributed by atoms with Crippen LogP contribution in [0.1, 0.15) is 352 Å².